The third kappa shape index (κ3) is 5.35. The van der Waals surface area contributed by atoms with E-state index in [1.165, 1.54) is 10.5 Å². The molecule has 30 heavy (non-hydrogen) atoms. The second kappa shape index (κ2) is 9.87. The van der Waals surface area contributed by atoms with Gasteiger partial charge in [0, 0.05) is 25.9 Å². The Bertz CT molecular complexity index is 981. The number of carbonyl (C=O) groups is 2. The number of fused-ring (bicyclic) bond motifs is 1. The third-order valence-corrected chi connectivity index (χ3v) is 4.97. The van der Waals surface area contributed by atoms with Crippen molar-refractivity contribution in [3.63, 3.8) is 0 Å². The normalized spacial score (nSPS) is 14.0. The average molecular weight is 405 g/mol. The molecule has 0 spiro atoms. The van der Waals surface area contributed by atoms with Gasteiger partial charge >= 0.3 is 0 Å². The zero-order valence-corrected chi connectivity index (χ0v) is 17.6. The van der Waals surface area contributed by atoms with E-state index >= 15 is 0 Å². The number of ether oxygens (including phenoxy) is 1. The van der Waals surface area contributed by atoms with Gasteiger partial charge in [0.2, 0.25) is 12.3 Å². The highest BCUT2D eigenvalue weighted by Gasteiger charge is 2.21. The van der Waals surface area contributed by atoms with Crippen molar-refractivity contribution in [2.24, 2.45) is 0 Å². The number of nitrogens with zero attached hydrogens (tertiary/aromatic N) is 2. The predicted molar refractivity (Wildman–Crippen MR) is 118 cm³/mol. The molecule has 2 aromatic rings. The zero-order valence-electron chi connectivity index (χ0n) is 17.6. The number of carbonyl (C=O) groups excluding carboxylic acids is 2. The van der Waals surface area contributed by atoms with Gasteiger partial charge in [0.15, 0.2) is 0 Å². The van der Waals surface area contributed by atoms with Crippen molar-refractivity contribution < 1.29 is 14.3 Å². The van der Waals surface area contributed by atoms with Crippen LogP contribution in [0.3, 0.4) is 0 Å². The molecule has 0 aliphatic carbocycles. The molecule has 2 heterocycles. The van der Waals surface area contributed by atoms with E-state index in [2.05, 4.69) is 36.3 Å². The van der Waals surface area contributed by atoms with Crippen molar-refractivity contribution in [1.29, 1.82) is 0 Å². The molecule has 1 N–H and O–H groups in total. The molecule has 156 valence electrons. The van der Waals surface area contributed by atoms with Crippen molar-refractivity contribution in [2.75, 3.05) is 12.4 Å². The first-order chi connectivity index (χ1) is 14.5. The minimum Gasteiger partial charge on any atom is -0.485 e. The van der Waals surface area contributed by atoms with Crippen LogP contribution < -0.4 is 10.1 Å². The Morgan fingerprint density at radius 1 is 1.30 bits per heavy atom. The summed E-state index contributed by atoms with van der Waals surface area (Å²) in [4.78, 5) is 29.0. The molecule has 1 aliphatic rings. The number of allylic oxidation sites excluding steroid dienone is 3. The number of nitrogens with one attached hydrogen (secondary N) is 1. The summed E-state index contributed by atoms with van der Waals surface area (Å²) in [6.45, 7) is 4.45. The van der Waals surface area contributed by atoms with E-state index < -0.39 is 0 Å². The Balaban J connectivity index is 2.04. The van der Waals surface area contributed by atoms with Crippen LogP contribution in [0, 0.1) is 0 Å². The van der Waals surface area contributed by atoms with Gasteiger partial charge in [-0.05, 0) is 60.7 Å². The van der Waals surface area contributed by atoms with Gasteiger partial charge in [-0.1, -0.05) is 24.6 Å². The number of hydrogen-bond acceptors (Lipinski definition) is 4. The van der Waals surface area contributed by atoms with E-state index in [1.807, 2.05) is 24.3 Å². The van der Waals surface area contributed by atoms with Crippen LogP contribution in [0.5, 0.6) is 5.75 Å². The SMILES string of the molecule is CC/C(C)=C/C(=C\N(C)C=O)c1cc2c(c(OCc3ccccn3)c1)NC(=O)CC2. The topological polar surface area (TPSA) is 71.5 Å². The Morgan fingerprint density at radius 2 is 2.13 bits per heavy atom. The summed E-state index contributed by atoms with van der Waals surface area (Å²) >= 11 is 0. The van der Waals surface area contributed by atoms with Gasteiger partial charge in [0.05, 0.1) is 11.4 Å². The summed E-state index contributed by atoms with van der Waals surface area (Å²) in [5.41, 5.74) is 5.57. The van der Waals surface area contributed by atoms with Gasteiger partial charge in [-0.3, -0.25) is 14.6 Å². The van der Waals surface area contributed by atoms with Crippen LogP contribution in [0.1, 0.15) is 43.5 Å². The van der Waals surface area contributed by atoms with Gasteiger partial charge in [0.25, 0.3) is 0 Å². The van der Waals surface area contributed by atoms with Crippen molar-refractivity contribution in [3.8, 4) is 5.75 Å². The number of amides is 2. The summed E-state index contributed by atoms with van der Waals surface area (Å²) in [6.07, 6.45) is 8.36. The van der Waals surface area contributed by atoms with Gasteiger partial charge in [-0.25, -0.2) is 0 Å². The maximum Gasteiger partial charge on any atom is 0.224 e. The first-order valence-electron chi connectivity index (χ1n) is 10.1. The monoisotopic (exact) mass is 405 g/mol. The number of anilines is 1. The summed E-state index contributed by atoms with van der Waals surface area (Å²) < 4.78 is 6.08. The second-order valence-electron chi connectivity index (χ2n) is 7.37. The average Bonchev–Trinajstić information content (AvgIpc) is 2.77. The Kier molecular flexibility index (Phi) is 7.01. The number of pyridine rings is 1. The standard InChI is InChI=1S/C24H27N3O3/c1-4-17(2)11-20(14-27(3)16-28)19-12-18-8-9-23(29)26-24(18)22(13-19)30-15-21-7-5-6-10-25-21/h5-7,10-14,16H,4,8-9,15H2,1-3H3,(H,26,29)/b17-11+,20-14+. The first-order valence-corrected chi connectivity index (χ1v) is 10.1. The molecule has 1 aromatic heterocycles. The van der Waals surface area contributed by atoms with Gasteiger partial charge in [0.1, 0.15) is 12.4 Å². The van der Waals surface area contributed by atoms with Crippen LogP contribution in [0.25, 0.3) is 5.57 Å². The lowest BCUT2D eigenvalue weighted by Crippen LogP contribution is -2.20. The molecule has 6 nitrogen and oxygen atoms in total. The Hall–Kier alpha value is -3.41. The molecule has 1 aliphatic heterocycles. The number of aromatic nitrogens is 1. The van der Waals surface area contributed by atoms with E-state index in [0.717, 1.165) is 35.2 Å². The van der Waals surface area contributed by atoms with Crippen molar-refractivity contribution in [1.82, 2.24) is 9.88 Å². The van der Waals surface area contributed by atoms with Crippen LogP contribution in [0.2, 0.25) is 0 Å². The largest absolute Gasteiger partial charge is 0.485 e. The third-order valence-electron chi connectivity index (χ3n) is 4.97. The van der Waals surface area contributed by atoms with Gasteiger partial charge in [-0.2, -0.15) is 0 Å². The van der Waals surface area contributed by atoms with Crippen molar-refractivity contribution >= 4 is 23.6 Å². The molecule has 0 saturated carbocycles. The lowest BCUT2D eigenvalue weighted by molar-refractivity contribution is -0.116. The minimum atomic E-state index is -0.0175. The summed E-state index contributed by atoms with van der Waals surface area (Å²) in [5.74, 6) is 0.583. The Morgan fingerprint density at radius 3 is 2.83 bits per heavy atom. The molecule has 0 saturated heterocycles. The number of hydrogen-bond donors (Lipinski definition) is 1. The summed E-state index contributed by atoms with van der Waals surface area (Å²) in [5, 5.41) is 2.95. The fourth-order valence-electron chi connectivity index (χ4n) is 3.19. The van der Waals surface area contributed by atoms with E-state index in [9.17, 15) is 9.59 Å². The molecule has 1 aromatic carbocycles. The number of rotatable bonds is 8. The van der Waals surface area contributed by atoms with E-state index in [1.54, 1.807) is 19.4 Å². The van der Waals surface area contributed by atoms with Crippen molar-refractivity contribution in [3.05, 3.63) is 71.2 Å². The van der Waals surface area contributed by atoms with Crippen LogP contribution in [0.15, 0.2) is 54.4 Å². The van der Waals surface area contributed by atoms with Gasteiger partial charge < -0.3 is 15.0 Å². The summed E-state index contributed by atoms with van der Waals surface area (Å²) in [6, 6.07) is 9.64. The maximum absolute atomic E-state index is 12.0. The Labute approximate surface area is 177 Å². The highest BCUT2D eigenvalue weighted by molar-refractivity contribution is 5.96. The smallest absolute Gasteiger partial charge is 0.224 e. The molecule has 6 heteroatoms. The lowest BCUT2D eigenvalue weighted by atomic mass is 9.95. The zero-order chi connectivity index (χ0) is 21.5. The fraction of sp³-hybridized carbons (Fsp3) is 0.292. The maximum atomic E-state index is 12.0. The quantitative estimate of drug-likeness (QED) is 0.524. The number of benzene rings is 1. The first kappa shape index (κ1) is 21.3. The molecule has 0 atom stereocenters. The minimum absolute atomic E-state index is 0.0175. The summed E-state index contributed by atoms with van der Waals surface area (Å²) in [7, 11) is 1.71. The lowest BCUT2D eigenvalue weighted by Gasteiger charge is -2.22. The van der Waals surface area contributed by atoms with E-state index in [0.29, 0.717) is 30.9 Å². The molecular formula is C24H27N3O3. The van der Waals surface area contributed by atoms with E-state index in [4.69, 9.17) is 4.74 Å². The molecule has 0 fully saturated rings. The van der Waals surface area contributed by atoms with Crippen LogP contribution in [0.4, 0.5) is 5.69 Å². The number of aryl methyl sites for hydroxylation is 1. The molecule has 3 rings (SSSR count). The fourth-order valence-corrected chi connectivity index (χ4v) is 3.19. The van der Waals surface area contributed by atoms with E-state index in [-0.39, 0.29) is 5.91 Å². The molecular weight excluding hydrogens is 378 g/mol. The molecule has 0 bridgehead atoms. The van der Waals surface area contributed by atoms with Crippen LogP contribution >= 0.6 is 0 Å². The highest BCUT2D eigenvalue weighted by Crippen LogP contribution is 2.37. The molecule has 0 unspecified atom stereocenters. The highest BCUT2D eigenvalue weighted by atomic mass is 16.5. The molecule has 2 amide bonds. The van der Waals surface area contributed by atoms with Crippen LogP contribution in [-0.4, -0.2) is 29.2 Å². The predicted octanol–water partition coefficient (Wildman–Crippen LogP) is 4.33. The van der Waals surface area contributed by atoms with Crippen LogP contribution in [-0.2, 0) is 22.6 Å². The molecule has 0 radical (unpaired) electrons. The van der Waals surface area contributed by atoms with Gasteiger partial charge in [-0.15, -0.1) is 0 Å². The second-order valence-corrected chi connectivity index (χ2v) is 7.37. The van der Waals surface area contributed by atoms with Crippen molar-refractivity contribution in [2.45, 2.75) is 39.7 Å².